The van der Waals surface area contributed by atoms with Crippen LogP contribution in [0.2, 0.25) is 0 Å². The predicted octanol–water partition coefficient (Wildman–Crippen LogP) is 5.94. The molecule has 0 aliphatic heterocycles. The molecule has 270 valence electrons. The molecule has 0 spiro atoms. The van der Waals surface area contributed by atoms with Gasteiger partial charge < -0.3 is 47.4 Å². The van der Waals surface area contributed by atoms with E-state index in [1.165, 1.54) is 50.5 Å². The highest BCUT2D eigenvalue weighted by molar-refractivity contribution is 14.1. The zero-order valence-corrected chi connectivity index (χ0v) is 30.7. The smallest absolute Gasteiger partial charge is 0.119 e. The Hall–Kier alpha value is -0.610. The molecule has 46 heavy (non-hydrogen) atoms. The molecule has 0 aliphatic rings. The molecule has 0 aromatic heterocycles. The van der Waals surface area contributed by atoms with E-state index in [-0.39, 0.29) is 0 Å². The molecule has 0 unspecified atom stereocenters. The van der Waals surface area contributed by atoms with E-state index in [1.54, 1.807) is 0 Å². The lowest BCUT2D eigenvalue weighted by Gasteiger charge is -2.09. The van der Waals surface area contributed by atoms with Crippen LogP contribution in [-0.4, -0.2) is 130 Å². The molecule has 10 nitrogen and oxygen atoms in total. The van der Waals surface area contributed by atoms with E-state index in [4.69, 9.17) is 47.4 Å². The number of hydrogen-bond donors (Lipinski definition) is 0. The van der Waals surface area contributed by atoms with Crippen molar-refractivity contribution in [3.63, 3.8) is 0 Å². The summed E-state index contributed by atoms with van der Waals surface area (Å²) >= 11 is 2.28. The average molecular weight is 771 g/mol. The van der Waals surface area contributed by atoms with Crippen LogP contribution in [0, 0.1) is 0 Å². The molecule has 11 heteroatoms. The highest BCUT2D eigenvalue weighted by atomic mass is 127. The third kappa shape index (κ3) is 32.0. The van der Waals surface area contributed by atoms with Crippen LogP contribution in [0.3, 0.4) is 0 Å². The molecule has 0 saturated carbocycles. The van der Waals surface area contributed by atoms with Crippen LogP contribution in [0.4, 0.5) is 0 Å². The summed E-state index contributed by atoms with van der Waals surface area (Å²) in [5.74, 6) is 0.890. The number of alkyl halides is 1. The lowest BCUT2D eigenvalue weighted by atomic mass is 10.0. The Bertz CT molecular complexity index is 713. The zero-order chi connectivity index (χ0) is 32.9. The molecule has 0 saturated heterocycles. The van der Waals surface area contributed by atoms with Crippen molar-refractivity contribution in [2.75, 3.05) is 130 Å². The van der Waals surface area contributed by atoms with Gasteiger partial charge in [-0.2, -0.15) is 0 Å². The maximum absolute atomic E-state index is 5.78. The standard InChI is InChI=1S/C35H63IO10/c1-2-3-4-5-6-7-8-9-34-10-12-35(13-11-34)46-33-32-45-31-30-44-29-28-43-27-26-42-25-24-41-23-22-40-21-20-39-19-18-38-17-16-37-15-14-36/h10-13H,2-9,14-33H2,1H3. The number of ether oxygens (including phenoxy) is 10. The third-order valence-electron chi connectivity index (χ3n) is 6.69. The van der Waals surface area contributed by atoms with Crippen LogP contribution in [0.15, 0.2) is 24.3 Å². The van der Waals surface area contributed by atoms with Gasteiger partial charge in [-0.15, -0.1) is 0 Å². The minimum atomic E-state index is 0.525. The Morgan fingerprint density at radius 1 is 0.391 bits per heavy atom. The molecule has 1 aromatic rings. The number of unbranched alkanes of at least 4 members (excludes halogenated alkanes) is 6. The second-order valence-corrected chi connectivity index (χ2v) is 11.6. The van der Waals surface area contributed by atoms with E-state index in [1.807, 2.05) is 0 Å². The second-order valence-electron chi connectivity index (χ2n) is 10.6. The summed E-state index contributed by atoms with van der Waals surface area (Å²) in [6.07, 6.45) is 10.5. The largest absolute Gasteiger partial charge is 0.491 e. The maximum atomic E-state index is 5.78. The molecule has 0 radical (unpaired) electrons. The first-order chi connectivity index (χ1) is 22.9. The van der Waals surface area contributed by atoms with E-state index < -0.39 is 0 Å². The van der Waals surface area contributed by atoms with Gasteiger partial charge in [-0.1, -0.05) is 80.2 Å². The van der Waals surface area contributed by atoms with Gasteiger partial charge in [-0.05, 0) is 30.5 Å². The first-order valence-electron chi connectivity index (χ1n) is 17.3. The predicted molar refractivity (Wildman–Crippen MR) is 190 cm³/mol. The Balaban J connectivity index is 1.71. The van der Waals surface area contributed by atoms with Crippen LogP contribution >= 0.6 is 22.6 Å². The molecule has 0 amide bonds. The summed E-state index contributed by atoms with van der Waals surface area (Å²) in [4.78, 5) is 0. The highest BCUT2D eigenvalue weighted by Crippen LogP contribution is 2.15. The summed E-state index contributed by atoms with van der Waals surface area (Å²) in [5, 5.41) is 0. The second kappa shape index (κ2) is 37.2. The highest BCUT2D eigenvalue weighted by Gasteiger charge is 1.99. The van der Waals surface area contributed by atoms with Gasteiger partial charge in [0.2, 0.25) is 0 Å². The van der Waals surface area contributed by atoms with E-state index in [9.17, 15) is 0 Å². The fraction of sp³-hybridized carbons (Fsp3) is 0.829. The molecule has 0 bridgehead atoms. The third-order valence-corrected chi connectivity index (χ3v) is 7.13. The number of halogens is 1. The monoisotopic (exact) mass is 770 g/mol. The van der Waals surface area contributed by atoms with Crippen molar-refractivity contribution >= 4 is 22.6 Å². The lowest BCUT2D eigenvalue weighted by molar-refractivity contribution is -0.0251. The van der Waals surface area contributed by atoms with Gasteiger partial charge in [-0.25, -0.2) is 0 Å². The van der Waals surface area contributed by atoms with Gasteiger partial charge in [0.05, 0.1) is 119 Å². The molecule has 0 atom stereocenters. The lowest BCUT2D eigenvalue weighted by Crippen LogP contribution is -2.15. The maximum Gasteiger partial charge on any atom is 0.119 e. The van der Waals surface area contributed by atoms with Gasteiger partial charge in [0.1, 0.15) is 12.4 Å². The van der Waals surface area contributed by atoms with E-state index >= 15 is 0 Å². The van der Waals surface area contributed by atoms with Gasteiger partial charge in [0.25, 0.3) is 0 Å². The van der Waals surface area contributed by atoms with Crippen LogP contribution < -0.4 is 4.74 Å². The van der Waals surface area contributed by atoms with Crippen LogP contribution in [0.1, 0.15) is 57.4 Å². The number of benzene rings is 1. The molecule has 0 aliphatic carbocycles. The van der Waals surface area contributed by atoms with Crippen molar-refractivity contribution in [3.05, 3.63) is 29.8 Å². The fourth-order valence-electron chi connectivity index (χ4n) is 4.17. The van der Waals surface area contributed by atoms with Gasteiger partial charge in [-0.3, -0.25) is 0 Å². The van der Waals surface area contributed by atoms with E-state index in [0.717, 1.165) is 23.2 Å². The van der Waals surface area contributed by atoms with Crippen molar-refractivity contribution in [3.8, 4) is 5.75 Å². The molecular formula is C35H63IO10. The number of aryl methyl sites for hydroxylation is 1. The Morgan fingerprint density at radius 2 is 0.717 bits per heavy atom. The van der Waals surface area contributed by atoms with Gasteiger partial charge in [0, 0.05) is 4.43 Å². The van der Waals surface area contributed by atoms with Crippen molar-refractivity contribution in [2.24, 2.45) is 0 Å². The minimum Gasteiger partial charge on any atom is -0.491 e. The van der Waals surface area contributed by atoms with Crippen LogP contribution in [0.5, 0.6) is 5.75 Å². The molecule has 0 fully saturated rings. The molecular weight excluding hydrogens is 707 g/mol. The van der Waals surface area contributed by atoms with Gasteiger partial charge >= 0.3 is 0 Å². The summed E-state index contributed by atoms with van der Waals surface area (Å²) < 4.78 is 56.1. The van der Waals surface area contributed by atoms with Crippen LogP contribution in [0.25, 0.3) is 0 Å². The SMILES string of the molecule is CCCCCCCCCc1ccc(OCCOCCOCCOCCOCCOCCOCCOCCOCCOCCI)cc1. The van der Waals surface area contributed by atoms with Crippen LogP contribution in [-0.2, 0) is 49.1 Å². The normalized spacial score (nSPS) is 11.4. The number of hydrogen-bond acceptors (Lipinski definition) is 10. The Morgan fingerprint density at radius 3 is 1.09 bits per heavy atom. The quantitative estimate of drug-likeness (QED) is 0.0457. The Kier molecular flexibility index (Phi) is 35.1. The fourth-order valence-corrected chi connectivity index (χ4v) is 4.48. The first-order valence-corrected chi connectivity index (χ1v) is 18.9. The van der Waals surface area contributed by atoms with Gasteiger partial charge in [0.15, 0.2) is 0 Å². The van der Waals surface area contributed by atoms with Crippen molar-refractivity contribution in [1.29, 1.82) is 0 Å². The Labute approximate surface area is 292 Å². The van der Waals surface area contributed by atoms with Crippen molar-refractivity contribution < 1.29 is 47.4 Å². The summed E-state index contributed by atoms with van der Waals surface area (Å²) in [6.45, 7) is 12.8. The molecule has 0 heterocycles. The average Bonchev–Trinajstić information content (AvgIpc) is 3.07. The zero-order valence-electron chi connectivity index (χ0n) is 28.6. The molecule has 1 aromatic carbocycles. The first kappa shape index (κ1) is 43.4. The summed E-state index contributed by atoms with van der Waals surface area (Å²) in [5.41, 5.74) is 1.38. The van der Waals surface area contributed by atoms with E-state index in [2.05, 4.69) is 53.8 Å². The topological polar surface area (TPSA) is 92.3 Å². The minimum absolute atomic E-state index is 0.525. The summed E-state index contributed by atoms with van der Waals surface area (Å²) in [7, 11) is 0. The summed E-state index contributed by atoms with van der Waals surface area (Å²) in [6, 6.07) is 8.46. The van der Waals surface area contributed by atoms with Crippen molar-refractivity contribution in [1.82, 2.24) is 0 Å². The van der Waals surface area contributed by atoms with Crippen molar-refractivity contribution in [2.45, 2.75) is 58.3 Å². The molecule has 1 rings (SSSR count). The molecule has 0 N–H and O–H groups in total. The van der Waals surface area contributed by atoms with E-state index in [0.29, 0.717) is 119 Å². The number of rotatable bonds is 38.